The normalized spacial score (nSPS) is 24.0. The van der Waals surface area contributed by atoms with Gasteiger partial charge in [-0.1, -0.05) is 12.1 Å². The number of pyridine rings is 1. The molecule has 2 N–H and O–H groups in total. The van der Waals surface area contributed by atoms with Crippen LogP contribution in [-0.2, 0) is 19.6 Å². The molecule has 4 heterocycles. The Kier molecular flexibility index (Phi) is 7.43. The first kappa shape index (κ1) is 24.4. The van der Waals surface area contributed by atoms with Crippen LogP contribution >= 0.6 is 11.3 Å². The van der Waals surface area contributed by atoms with Crippen molar-refractivity contribution in [2.75, 3.05) is 25.0 Å². The van der Waals surface area contributed by atoms with Gasteiger partial charge in [0.25, 0.3) is 10.0 Å². The van der Waals surface area contributed by atoms with Crippen LogP contribution in [0.15, 0.2) is 46.1 Å². The van der Waals surface area contributed by atoms with Crippen molar-refractivity contribution in [3.63, 3.8) is 0 Å². The van der Waals surface area contributed by atoms with Gasteiger partial charge in [-0.05, 0) is 36.4 Å². The van der Waals surface area contributed by atoms with Gasteiger partial charge in [0.2, 0.25) is 0 Å². The fraction of sp³-hybridized carbons (Fsp3) is 0.474. The molecule has 1 spiro atoms. The number of hydrogen-bond donors (Lipinski definition) is 2. The van der Waals surface area contributed by atoms with Crippen LogP contribution in [0.2, 0.25) is 0 Å². The van der Waals surface area contributed by atoms with Crippen LogP contribution in [0.4, 0.5) is 19.0 Å². The molecule has 2 aromatic heterocycles. The zero-order chi connectivity index (χ0) is 23.4. The van der Waals surface area contributed by atoms with E-state index in [1.807, 2.05) is 18.2 Å². The molecule has 32 heavy (non-hydrogen) atoms. The van der Waals surface area contributed by atoms with Crippen molar-refractivity contribution in [3.05, 3.63) is 41.9 Å². The van der Waals surface area contributed by atoms with Gasteiger partial charge < -0.3 is 15.2 Å². The lowest BCUT2D eigenvalue weighted by Crippen LogP contribution is -2.50. The highest BCUT2D eigenvalue weighted by Crippen LogP contribution is 2.37. The number of hydrogen-bond acceptors (Lipinski definition) is 7. The standard InChI is InChI=1S/C17H21N3O3S2.C2HF3O2/c21-25(22,16-6-3-10-24-16)20-9-4-7-17(13-20)11-14(12-23-17)19-15-5-1-2-8-18-15;3-2(4,5)1(6)7/h1-3,5-6,8,10,14H,4,7,9,11-13H2,(H,18,19);(H,6,7). The van der Waals surface area contributed by atoms with E-state index in [-0.39, 0.29) is 6.04 Å². The lowest BCUT2D eigenvalue weighted by Gasteiger charge is -2.38. The summed E-state index contributed by atoms with van der Waals surface area (Å²) in [6.45, 7) is 1.56. The molecular formula is C19H22F3N3O5S2. The number of aliphatic carboxylic acids is 1. The van der Waals surface area contributed by atoms with E-state index in [9.17, 15) is 21.6 Å². The van der Waals surface area contributed by atoms with Crippen LogP contribution in [0.3, 0.4) is 0 Å². The first-order valence-electron chi connectivity index (χ1n) is 9.67. The molecule has 2 aliphatic heterocycles. The van der Waals surface area contributed by atoms with Gasteiger partial charge in [-0.2, -0.15) is 17.5 Å². The first-order chi connectivity index (χ1) is 15.0. The molecule has 2 fully saturated rings. The fourth-order valence-electron chi connectivity index (χ4n) is 3.68. The largest absolute Gasteiger partial charge is 0.490 e. The van der Waals surface area contributed by atoms with Crippen LogP contribution in [0.5, 0.6) is 0 Å². The van der Waals surface area contributed by atoms with E-state index >= 15 is 0 Å². The van der Waals surface area contributed by atoms with Gasteiger partial charge in [-0.25, -0.2) is 18.2 Å². The highest BCUT2D eigenvalue weighted by molar-refractivity contribution is 7.91. The third kappa shape index (κ3) is 5.97. The number of carboxylic acid groups (broad SMARTS) is 1. The van der Waals surface area contributed by atoms with Crippen molar-refractivity contribution in [1.82, 2.24) is 9.29 Å². The number of rotatable bonds is 4. The van der Waals surface area contributed by atoms with Crippen LogP contribution in [-0.4, -0.2) is 66.3 Å². The second-order valence-electron chi connectivity index (χ2n) is 7.43. The quantitative estimate of drug-likeness (QED) is 0.673. The van der Waals surface area contributed by atoms with Gasteiger partial charge >= 0.3 is 12.1 Å². The predicted octanol–water partition coefficient (Wildman–Crippen LogP) is 3.20. The molecule has 0 amide bonds. The van der Waals surface area contributed by atoms with E-state index in [2.05, 4.69) is 10.3 Å². The Bertz CT molecular complexity index is 1000. The summed E-state index contributed by atoms with van der Waals surface area (Å²) in [6.07, 6.45) is -0.825. The predicted molar refractivity (Wildman–Crippen MR) is 111 cm³/mol. The smallest absolute Gasteiger partial charge is 0.475 e. The zero-order valence-electron chi connectivity index (χ0n) is 16.8. The maximum Gasteiger partial charge on any atom is 0.490 e. The second kappa shape index (κ2) is 9.73. The lowest BCUT2D eigenvalue weighted by molar-refractivity contribution is -0.192. The van der Waals surface area contributed by atoms with Gasteiger partial charge in [0, 0.05) is 25.7 Å². The van der Waals surface area contributed by atoms with Crippen molar-refractivity contribution in [2.24, 2.45) is 0 Å². The molecule has 0 aliphatic carbocycles. The van der Waals surface area contributed by atoms with Gasteiger partial charge in [0.15, 0.2) is 0 Å². The number of thiophene rings is 1. The summed E-state index contributed by atoms with van der Waals surface area (Å²) in [5.41, 5.74) is -0.394. The average Bonchev–Trinajstić information content (AvgIpc) is 3.40. The average molecular weight is 494 g/mol. The van der Waals surface area contributed by atoms with E-state index < -0.39 is 27.8 Å². The third-order valence-corrected chi connectivity index (χ3v) is 8.28. The number of piperidine rings is 1. The van der Waals surface area contributed by atoms with Crippen molar-refractivity contribution in [2.45, 2.75) is 41.3 Å². The van der Waals surface area contributed by atoms with E-state index in [0.717, 1.165) is 25.1 Å². The molecule has 13 heteroatoms. The molecule has 176 valence electrons. The van der Waals surface area contributed by atoms with Crippen LogP contribution in [0, 0.1) is 0 Å². The van der Waals surface area contributed by atoms with Crippen LogP contribution < -0.4 is 5.32 Å². The SMILES string of the molecule is O=C(O)C(F)(F)F.O=S(=O)(c1cccs1)N1CCCC2(CC(Nc3ccccn3)CO2)C1. The lowest BCUT2D eigenvalue weighted by atomic mass is 9.90. The van der Waals surface area contributed by atoms with Gasteiger partial charge in [0.1, 0.15) is 10.0 Å². The number of nitrogens with one attached hydrogen (secondary N) is 1. The first-order valence-corrected chi connectivity index (χ1v) is 12.0. The third-order valence-electron chi connectivity index (χ3n) is 5.06. The minimum Gasteiger partial charge on any atom is -0.475 e. The minimum atomic E-state index is -5.08. The van der Waals surface area contributed by atoms with E-state index in [4.69, 9.17) is 14.6 Å². The number of alkyl halides is 3. The fourth-order valence-corrected chi connectivity index (χ4v) is 6.38. The van der Waals surface area contributed by atoms with Crippen molar-refractivity contribution >= 4 is 33.1 Å². The Labute approximate surface area is 187 Å². The number of ether oxygens (including phenoxy) is 1. The molecule has 8 nitrogen and oxygen atoms in total. The zero-order valence-corrected chi connectivity index (χ0v) is 18.4. The molecule has 4 rings (SSSR count). The van der Waals surface area contributed by atoms with Crippen LogP contribution in [0.1, 0.15) is 19.3 Å². The summed E-state index contributed by atoms with van der Waals surface area (Å²) in [5, 5.41) is 12.3. The Hall–Kier alpha value is -2.22. The Balaban J connectivity index is 0.000000360. The summed E-state index contributed by atoms with van der Waals surface area (Å²) in [7, 11) is -3.42. The number of carbonyl (C=O) groups is 1. The number of halogens is 3. The highest BCUT2D eigenvalue weighted by Gasteiger charge is 2.46. The van der Waals surface area contributed by atoms with Crippen molar-refractivity contribution < 1.29 is 36.2 Å². The van der Waals surface area contributed by atoms with Crippen molar-refractivity contribution in [3.8, 4) is 0 Å². The summed E-state index contributed by atoms with van der Waals surface area (Å²) in [6, 6.07) is 9.35. The topological polar surface area (TPSA) is 109 Å². The minimum absolute atomic E-state index is 0.152. The molecule has 0 saturated carbocycles. The Morgan fingerprint density at radius 1 is 1.31 bits per heavy atom. The van der Waals surface area contributed by atoms with Gasteiger partial charge in [-0.15, -0.1) is 11.3 Å². The maximum absolute atomic E-state index is 12.8. The number of anilines is 1. The Morgan fingerprint density at radius 3 is 2.66 bits per heavy atom. The molecule has 2 aliphatic rings. The Morgan fingerprint density at radius 2 is 2.06 bits per heavy atom. The molecule has 0 bridgehead atoms. The summed E-state index contributed by atoms with van der Waals surface area (Å²) >= 11 is 1.27. The number of nitrogens with zero attached hydrogens (tertiary/aromatic N) is 2. The number of aromatic nitrogens is 1. The van der Waals surface area contributed by atoms with Crippen LogP contribution in [0.25, 0.3) is 0 Å². The molecule has 2 saturated heterocycles. The molecule has 0 aromatic carbocycles. The summed E-state index contributed by atoms with van der Waals surface area (Å²) in [5.74, 6) is -1.93. The highest BCUT2D eigenvalue weighted by atomic mass is 32.2. The van der Waals surface area contributed by atoms with Gasteiger partial charge in [-0.3, -0.25) is 0 Å². The van der Waals surface area contributed by atoms with E-state index in [1.54, 1.807) is 28.0 Å². The van der Waals surface area contributed by atoms with Crippen molar-refractivity contribution in [1.29, 1.82) is 0 Å². The molecule has 0 radical (unpaired) electrons. The van der Waals surface area contributed by atoms with E-state index in [1.165, 1.54) is 11.3 Å². The number of sulfonamides is 1. The molecule has 2 atom stereocenters. The molecular weight excluding hydrogens is 471 g/mol. The molecule has 2 unspecified atom stereocenters. The van der Waals surface area contributed by atoms with Gasteiger partial charge in [0.05, 0.1) is 18.2 Å². The van der Waals surface area contributed by atoms with E-state index in [0.29, 0.717) is 23.9 Å². The maximum atomic E-state index is 12.8. The molecule has 2 aromatic rings. The second-order valence-corrected chi connectivity index (χ2v) is 10.5. The monoisotopic (exact) mass is 493 g/mol. The summed E-state index contributed by atoms with van der Waals surface area (Å²) in [4.78, 5) is 13.2. The summed E-state index contributed by atoms with van der Waals surface area (Å²) < 4.78 is 65.5. The number of carboxylic acids is 1.